The van der Waals surface area contributed by atoms with E-state index in [0.29, 0.717) is 21.7 Å². The third-order valence-electron chi connectivity index (χ3n) is 3.92. The molecule has 1 N–H and O–H groups in total. The normalized spacial score (nSPS) is 19.1. The molecule has 1 aliphatic rings. The summed E-state index contributed by atoms with van der Waals surface area (Å²) in [5.41, 5.74) is 2.10. The number of aromatic nitrogens is 1. The molecule has 0 amide bonds. The largest absolute Gasteiger partial charge is 0.484 e. The van der Waals surface area contributed by atoms with E-state index in [2.05, 4.69) is 10.3 Å². The quantitative estimate of drug-likeness (QED) is 0.896. The Hall–Kier alpha value is -1.29. The van der Waals surface area contributed by atoms with Gasteiger partial charge in [-0.1, -0.05) is 29.3 Å². The van der Waals surface area contributed by atoms with Crippen molar-refractivity contribution in [1.29, 1.82) is 0 Å². The van der Waals surface area contributed by atoms with E-state index in [0.717, 1.165) is 30.6 Å². The maximum absolute atomic E-state index is 6.32. The van der Waals surface area contributed by atoms with Gasteiger partial charge in [0.1, 0.15) is 11.9 Å². The number of benzene rings is 1. The van der Waals surface area contributed by atoms with E-state index >= 15 is 0 Å². The van der Waals surface area contributed by atoms with Gasteiger partial charge in [0.25, 0.3) is 0 Å². The maximum Gasteiger partial charge on any atom is 0.138 e. The van der Waals surface area contributed by atoms with Crippen molar-refractivity contribution in [3.05, 3.63) is 57.8 Å². The highest BCUT2D eigenvalue weighted by atomic mass is 35.5. The molecule has 5 heteroatoms. The zero-order valence-corrected chi connectivity index (χ0v) is 13.9. The highest BCUT2D eigenvalue weighted by Crippen LogP contribution is 2.35. The van der Waals surface area contributed by atoms with Crippen LogP contribution < -0.4 is 10.1 Å². The smallest absolute Gasteiger partial charge is 0.138 e. The lowest BCUT2D eigenvalue weighted by Gasteiger charge is -2.25. The summed E-state index contributed by atoms with van der Waals surface area (Å²) in [5.74, 6) is 1.07. The minimum atomic E-state index is -0.110. The second-order valence-corrected chi connectivity index (χ2v) is 6.51. The van der Waals surface area contributed by atoms with Gasteiger partial charge in [0.05, 0.1) is 10.0 Å². The fourth-order valence-electron chi connectivity index (χ4n) is 2.79. The lowest BCUT2D eigenvalue weighted by molar-refractivity contribution is 0.144. The van der Waals surface area contributed by atoms with Gasteiger partial charge in [-0.3, -0.25) is 4.98 Å². The molecule has 0 saturated carbocycles. The summed E-state index contributed by atoms with van der Waals surface area (Å²) in [4.78, 5) is 4.19. The summed E-state index contributed by atoms with van der Waals surface area (Å²) in [6, 6.07) is 7.75. The van der Waals surface area contributed by atoms with Crippen LogP contribution in [0.25, 0.3) is 0 Å². The van der Waals surface area contributed by atoms with Gasteiger partial charge in [-0.05, 0) is 43.7 Å². The maximum atomic E-state index is 6.32. The van der Waals surface area contributed by atoms with Gasteiger partial charge < -0.3 is 10.1 Å². The van der Waals surface area contributed by atoms with Crippen molar-refractivity contribution < 1.29 is 4.74 Å². The van der Waals surface area contributed by atoms with Crippen LogP contribution in [0.15, 0.2) is 36.7 Å². The molecule has 1 aromatic heterocycles. The zero-order chi connectivity index (χ0) is 15.5. The standard InChI is InChI=1S/C17H18Cl2N2O/c1-11-2-3-16(15(19)6-11)22-17(12-4-5-20-8-12)13-7-14(18)10-21-9-13/h2-3,6-7,9-10,12,17,20H,4-5,8H2,1H3/t12?,17-/m0/s1. The monoisotopic (exact) mass is 336 g/mol. The summed E-state index contributed by atoms with van der Waals surface area (Å²) < 4.78 is 6.25. The fourth-order valence-corrected chi connectivity index (χ4v) is 3.26. The number of aryl methyl sites for hydroxylation is 1. The minimum Gasteiger partial charge on any atom is -0.484 e. The van der Waals surface area contributed by atoms with Gasteiger partial charge in [0, 0.05) is 30.4 Å². The molecule has 3 rings (SSSR count). The predicted octanol–water partition coefficient (Wildman–Crippen LogP) is 4.43. The van der Waals surface area contributed by atoms with Crippen molar-refractivity contribution in [2.75, 3.05) is 13.1 Å². The van der Waals surface area contributed by atoms with Crippen LogP contribution in [0.4, 0.5) is 0 Å². The summed E-state index contributed by atoms with van der Waals surface area (Å²) in [7, 11) is 0. The number of nitrogens with zero attached hydrogens (tertiary/aromatic N) is 1. The van der Waals surface area contributed by atoms with Gasteiger partial charge in [-0.25, -0.2) is 0 Å². The first-order valence-corrected chi connectivity index (χ1v) is 8.13. The Bertz CT molecular complexity index is 657. The number of hydrogen-bond donors (Lipinski definition) is 1. The number of hydrogen-bond acceptors (Lipinski definition) is 3. The lowest BCUT2D eigenvalue weighted by Crippen LogP contribution is -2.21. The van der Waals surface area contributed by atoms with Crippen LogP contribution in [0.5, 0.6) is 5.75 Å². The molecule has 1 aromatic carbocycles. The van der Waals surface area contributed by atoms with Crippen molar-refractivity contribution in [2.24, 2.45) is 5.92 Å². The third-order valence-corrected chi connectivity index (χ3v) is 4.42. The van der Waals surface area contributed by atoms with Gasteiger partial charge in [-0.15, -0.1) is 0 Å². The Labute approximate surface area is 140 Å². The molecule has 2 aromatic rings. The van der Waals surface area contributed by atoms with Crippen LogP contribution in [0.3, 0.4) is 0 Å². The lowest BCUT2D eigenvalue weighted by atomic mass is 9.96. The highest BCUT2D eigenvalue weighted by Gasteiger charge is 2.29. The molecule has 3 nitrogen and oxygen atoms in total. The average Bonchev–Trinajstić information content (AvgIpc) is 3.00. The number of pyridine rings is 1. The number of ether oxygens (including phenoxy) is 1. The molecular formula is C17H18Cl2N2O. The molecule has 0 aliphatic carbocycles. The van der Waals surface area contributed by atoms with E-state index in [-0.39, 0.29) is 6.10 Å². The highest BCUT2D eigenvalue weighted by molar-refractivity contribution is 6.32. The predicted molar refractivity (Wildman–Crippen MR) is 89.8 cm³/mol. The first kappa shape index (κ1) is 15.6. The molecule has 0 spiro atoms. The summed E-state index contributed by atoms with van der Waals surface area (Å²) in [6.45, 7) is 3.93. The van der Waals surface area contributed by atoms with Gasteiger partial charge >= 0.3 is 0 Å². The second kappa shape index (κ2) is 6.86. The number of rotatable bonds is 4. The molecule has 0 radical (unpaired) electrons. The van der Waals surface area contributed by atoms with E-state index in [1.54, 1.807) is 6.20 Å². The van der Waals surface area contributed by atoms with Crippen LogP contribution >= 0.6 is 23.2 Å². The van der Waals surface area contributed by atoms with Gasteiger partial charge in [0.2, 0.25) is 0 Å². The molecule has 1 unspecified atom stereocenters. The number of halogens is 2. The SMILES string of the molecule is Cc1ccc(O[C@H](c2cncc(Cl)c2)C2CCNC2)c(Cl)c1. The molecule has 1 saturated heterocycles. The Balaban J connectivity index is 1.91. The fraction of sp³-hybridized carbons (Fsp3) is 0.353. The summed E-state index contributed by atoms with van der Waals surface area (Å²) in [5, 5.41) is 4.63. The van der Waals surface area contributed by atoms with E-state index < -0.39 is 0 Å². The summed E-state index contributed by atoms with van der Waals surface area (Å²) >= 11 is 12.4. The molecular weight excluding hydrogens is 319 g/mol. The Morgan fingerprint density at radius 3 is 2.82 bits per heavy atom. The van der Waals surface area contributed by atoms with E-state index in [1.165, 1.54) is 0 Å². The molecule has 0 bridgehead atoms. The molecule has 116 valence electrons. The van der Waals surface area contributed by atoms with Crippen molar-refractivity contribution in [2.45, 2.75) is 19.4 Å². The van der Waals surface area contributed by atoms with E-state index in [9.17, 15) is 0 Å². The minimum absolute atomic E-state index is 0.110. The van der Waals surface area contributed by atoms with Crippen molar-refractivity contribution in [1.82, 2.24) is 10.3 Å². The Morgan fingerprint density at radius 1 is 1.27 bits per heavy atom. The first-order chi connectivity index (χ1) is 10.6. The van der Waals surface area contributed by atoms with Gasteiger partial charge in [-0.2, -0.15) is 0 Å². The van der Waals surface area contributed by atoms with Gasteiger partial charge in [0.15, 0.2) is 0 Å². The molecule has 2 heterocycles. The Kier molecular flexibility index (Phi) is 4.87. The molecule has 1 aliphatic heterocycles. The van der Waals surface area contributed by atoms with Crippen LogP contribution in [0.1, 0.15) is 23.7 Å². The van der Waals surface area contributed by atoms with Crippen molar-refractivity contribution >= 4 is 23.2 Å². The topological polar surface area (TPSA) is 34.1 Å². The van der Waals surface area contributed by atoms with Crippen LogP contribution in [-0.2, 0) is 0 Å². The third kappa shape index (κ3) is 3.54. The summed E-state index contributed by atoms with van der Waals surface area (Å²) in [6.07, 6.45) is 4.40. The Morgan fingerprint density at radius 2 is 2.14 bits per heavy atom. The number of nitrogens with one attached hydrogen (secondary N) is 1. The van der Waals surface area contributed by atoms with Crippen LogP contribution in [0.2, 0.25) is 10.0 Å². The van der Waals surface area contributed by atoms with E-state index in [4.69, 9.17) is 27.9 Å². The van der Waals surface area contributed by atoms with Crippen LogP contribution in [0, 0.1) is 12.8 Å². The van der Waals surface area contributed by atoms with Crippen molar-refractivity contribution in [3.63, 3.8) is 0 Å². The van der Waals surface area contributed by atoms with Crippen molar-refractivity contribution in [3.8, 4) is 5.75 Å². The molecule has 22 heavy (non-hydrogen) atoms. The second-order valence-electron chi connectivity index (χ2n) is 5.66. The van der Waals surface area contributed by atoms with Crippen LogP contribution in [-0.4, -0.2) is 18.1 Å². The molecule has 2 atom stereocenters. The first-order valence-electron chi connectivity index (χ1n) is 7.37. The zero-order valence-electron chi connectivity index (χ0n) is 12.4. The van der Waals surface area contributed by atoms with E-state index in [1.807, 2.05) is 37.4 Å². The average molecular weight is 337 g/mol. The molecule has 1 fully saturated rings.